The Bertz CT molecular complexity index is 474. The van der Waals surface area contributed by atoms with E-state index >= 15 is 0 Å². The Morgan fingerprint density at radius 2 is 1.94 bits per heavy atom. The molecule has 0 saturated carbocycles. The lowest BCUT2D eigenvalue weighted by Gasteiger charge is -2.03. The molecule has 0 saturated heterocycles. The molecule has 0 heterocycles. The molecule has 0 unspecified atom stereocenters. The summed E-state index contributed by atoms with van der Waals surface area (Å²) in [6.45, 7) is 2.21. The van der Waals surface area contributed by atoms with Crippen molar-refractivity contribution in [3.63, 3.8) is 0 Å². The Balaban J connectivity index is 2.23. The molecule has 0 amide bonds. The van der Waals surface area contributed by atoms with Crippen LogP contribution in [-0.4, -0.2) is 0 Å². The lowest BCUT2D eigenvalue weighted by Crippen LogP contribution is -1.85. The second-order valence-corrected chi connectivity index (χ2v) is 4.27. The molecule has 0 aliphatic heterocycles. The summed E-state index contributed by atoms with van der Waals surface area (Å²) in [6.07, 6.45) is 4.88. The molecule has 0 atom stereocenters. The van der Waals surface area contributed by atoms with Crippen molar-refractivity contribution < 1.29 is 5.11 Å². The SMILES string of the molecule is CCCCCc1ccc2c([O])cccc2c1. The molecular formula is C15H17O. The molecule has 1 nitrogen and oxygen atoms in total. The van der Waals surface area contributed by atoms with E-state index in [1.165, 1.54) is 24.8 Å². The van der Waals surface area contributed by atoms with Gasteiger partial charge in [0.25, 0.3) is 0 Å². The van der Waals surface area contributed by atoms with Gasteiger partial charge in [-0.15, -0.1) is 0 Å². The molecular weight excluding hydrogens is 196 g/mol. The largest absolute Gasteiger partial charge is 0.289 e. The van der Waals surface area contributed by atoms with Crippen molar-refractivity contribution in [3.05, 3.63) is 42.0 Å². The lowest BCUT2D eigenvalue weighted by atomic mass is 10.0. The minimum absolute atomic E-state index is 0.123. The molecule has 0 spiro atoms. The fraction of sp³-hybridized carbons (Fsp3) is 0.333. The summed E-state index contributed by atoms with van der Waals surface area (Å²) < 4.78 is 0. The first kappa shape index (κ1) is 11.0. The van der Waals surface area contributed by atoms with Crippen molar-refractivity contribution in [2.24, 2.45) is 0 Å². The van der Waals surface area contributed by atoms with E-state index in [-0.39, 0.29) is 5.75 Å². The first-order chi connectivity index (χ1) is 7.81. The third-order valence-electron chi connectivity index (χ3n) is 2.97. The normalized spacial score (nSPS) is 10.8. The molecule has 1 heteroatoms. The van der Waals surface area contributed by atoms with Gasteiger partial charge in [0.2, 0.25) is 0 Å². The summed E-state index contributed by atoms with van der Waals surface area (Å²) in [4.78, 5) is 0. The summed E-state index contributed by atoms with van der Waals surface area (Å²) in [5.41, 5.74) is 1.34. The highest BCUT2D eigenvalue weighted by atomic mass is 16.3. The molecule has 0 N–H and O–H groups in total. The fourth-order valence-corrected chi connectivity index (χ4v) is 2.04. The van der Waals surface area contributed by atoms with Crippen molar-refractivity contribution in [3.8, 4) is 5.75 Å². The maximum atomic E-state index is 11.6. The highest BCUT2D eigenvalue weighted by molar-refractivity contribution is 5.88. The smallest absolute Gasteiger partial charge is 0.186 e. The van der Waals surface area contributed by atoms with E-state index in [0.29, 0.717) is 0 Å². The molecule has 0 bridgehead atoms. The summed E-state index contributed by atoms with van der Waals surface area (Å²) >= 11 is 0. The number of hydrogen-bond donors (Lipinski definition) is 0. The van der Waals surface area contributed by atoms with Crippen LogP contribution < -0.4 is 0 Å². The maximum absolute atomic E-state index is 11.6. The first-order valence-corrected chi connectivity index (χ1v) is 6.00. The van der Waals surface area contributed by atoms with Crippen LogP contribution in [0.5, 0.6) is 5.75 Å². The maximum Gasteiger partial charge on any atom is 0.186 e. The van der Waals surface area contributed by atoms with Gasteiger partial charge in [0.15, 0.2) is 5.75 Å². The summed E-state index contributed by atoms with van der Waals surface area (Å²) in [7, 11) is 0. The zero-order chi connectivity index (χ0) is 11.4. The van der Waals surface area contributed by atoms with Crippen LogP contribution in [0, 0.1) is 0 Å². The Labute approximate surface area is 96.7 Å². The summed E-state index contributed by atoms with van der Waals surface area (Å²) in [6, 6.07) is 11.7. The first-order valence-electron chi connectivity index (χ1n) is 6.00. The average Bonchev–Trinajstić information content (AvgIpc) is 2.30. The van der Waals surface area contributed by atoms with E-state index in [4.69, 9.17) is 0 Å². The second-order valence-electron chi connectivity index (χ2n) is 4.27. The van der Waals surface area contributed by atoms with Gasteiger partial charge in [-0.05, 0) is 29.9 Å². The number of unbranched alkanes of at least 4 members (excludes halogenated alkanes) is 2. The van der Waals surface area contributed by atoms with Gasteiger partial charge in [-0.3, -0.25) is 5.11 Å². The second kappa shape index (κ2) is 5.02. The summed E-state index contributed by atoms with van der Waals surface area (Å²) in [5, 5.41) is 13.5. The van der Waals surface area contributed by atoms with Crippen molar-refractivity contribution in [1.29, 1.82) is 0 Å². The van der Waals surface area contributed by atoms with Crippen LogP contribution in [0.1, 0.15) is 31.7 Å². The van der Waals surface area contributed by atoms with Crippen molar-refractivity contribution >= 4 is 10.8 Å². The standard InChI is InChI=1S/C15H17O/c1-2-3-4-6-12-9-10-14-13(11-12)7-5-8-15(14)16/h5,7-11H,2-4,6H2,1H3. The van der Waals surface area contributed by atoms with Crippen LogP contribution >= 0.6 is 0 Å². The zero-order valence-electron chi connectivity index (χ0n) is 9.70. The monoisotopic (exact) mass is 213 g/mol. The van der Waals surface area contributed by atoms with E-state index in [0.717, 1.165) is 17.2 Å². The summed E-state index contributed by atoms with van der Waals surface area (Å²) in [5.74, 6) is 0.123. The van der Waals surface area contributed by atoms with Gasteiger partial charge >= 0.3 is 0 Å². The van der Waals surface area contributed by atoms with Gasteiger partial charge in [0.1, 0.15) is 0 Å². The zero-order valence-corrected chi connectivity index (χ0v) is 9.70. The Hall–Kier alpha value is -1.50. The van der Waals surface area contributed by atoms with Crippen LogP contribution in [0.4, 0.5) is 0 Å². The third kappa shape index (κ3) is 2.35. The molecule has 0 aliphatic carbocycles. The van der Waals surface area contributed by atoms with E-state index in [1.807, 2.05) is 18.2 Å². The van der Waals surface area contributed by atoms with Gasteiger partial charge in [0.05, 0.1) is 0 Å². The van der Waals surface area contributed by atoms with E-state index in [9.17, 15) is 5.11 Å². The Morgan fingerprint density at radius 3 is 2.75 bits per heavy atom. The number of rotatable bonds is 4. The average molecular weight is 213 g/mol. The predicted octanol–water partition coefficient (Wildman–Crippen LogP) is 4.72. The van der Waals surface area contributed by atoms with Crippen LogP contribution in [0.15, 0.2) is 36.4 Å². The molecule has 2 aromatic rings. The van der Waals surface area contributed by atoms with E-state index in [1.54, 1.807) is 6.07 Å². The van der Waals surface area contributed by atoms with Crippen molar-refractivity contribution in [2.75, 3.05) is 0 Å². The molecule has 2 aromatic carbocycles. The number of fused-ring (bicyclic) bond motifs is 1. The van der Waals surface area contributed by atoms with Crippen molar-refractivity contribution in [1.82, 2.24) is 0 Å². The van der Waals surface area contributed by atoms with Crippen LogP contribution in [0.2, 0.25) is 0 Å². The molecule has 0 aromatic heterocycles. The van der Waals surface area contributed by atoms with Gasteiger partial charge in [-0.1, -0.05) is 50.1 Å². The number of hydrogen-bond acceptors (Lipinski definition) is 0. The van der Waals surface area contributed by atoms with Crippen LogP contribution in [-0.2, 0) is 11.5 Å². The van der Waals surface area contributed by atoms with E-state index in [2.05, 4.69) is 19.1 Å². The number of benzene rings is 2. The van der Waals surface area contributed by atoms with Crippen LogP contribution in [0.25, 0.3) is 10.8 Å². The molecule has 16 heavy (non-hydrogen) atoms. The molecule has 0 fully saturated rings. The van der Waals surface area contributed by atoms with Crippen molar-refractivity contribution in [2.45, 2.75) is 32.6 Å². The minimum Gasteiger partial charge on any atom is -0.289 e. The minimum atomic E-state index is 0.123. The van der Waals surface area contributed by atoms with Gasteiger partial charge in [-0.25, -0.2) is 0 Å². The van der Waals surface area contributed by atoms with Gasteiger partial charge in [0, 0.05) is 5.39 Å². The Kier molecular flexibility index (Phi) is 3.45. The molecule has 83 valence electrons. The Morgan fingerprint density at radius 1 is 1.06 bits per heavy atom. The molecule has 1 radical (unpaired) electrons. The topological polar surface area (TPSA) is 19.9 Å². The molecule has 0 aliphatic rings. The van der Waals surface area contributed by atoms with Crippen LogP contribution in [0.3, 0.4) is 0 Å². The van der Waals surface area contributed by atoms with E-state index < -0.39 is 0 Å². The molecule has 2 rings (SSSR count). The highest BCUT2D eigenvalue weighted by Gasteiger charge is 2.01. The predicted molar refractivity (Wildman–Crippen MR) is 67.3 cm³/mol. The fourth-order valence-electron chi connectivity index (χ4n) is 2.04. The van der Waals surface area contributed by atoms with Gasteiger partial charge in [-0.2, -0.15) is 0 Å². The lowest BCUT2D eigenvalue weighted by molar-refractivity contribution is 0.360. The quantitative estimate of drug-likeness (QED) is 0.655. The number of aryl methyl sites for hydroxylation is 1. The highest BCUT2D eigenvalue weighted by Crippen LogP contribution is 2.26. The third-order valence-corrected chi connectivity index (χ3v) is 2.97. The van der Waals surface area contributed by atoms with Gasteiger partial charge < -0.3 is 0 Å².